The van der Waals surface area contributed by atoms with E-state index in [1.807, 2.05) is 0 Å². The van der Waals surface area contributed by atoms with Gasteiger partial charge >= 0.3 is 17.9 Å². The zero-order chi connectivity index (χ0) is 24.4. The zero-order valence-electron chi connectivity index (χ0n) is 17.0. The SMILES string of the molecule is CC(=O)NC(CSCC1C(OC(=O)C=NN)CC(C(NC(=O)CN)C(=O)O)N1O)C(=O)O. The molecule has 2 amide bonds. The van der Waals surface area contributed by atoms with Crippen LogP contribution < -0.4 is 22.2 Å². The van der Waals surface area contributed by atoms with Crippen LogP contribution in [0.15, 0.2) is 5.10 Å². The van der Waals surface area contributed by atoms with E-state index < -0.39 is 66.5 Å². The van der Waals surface area contributed by atoms with E-state index in [1.54, 1.807) is 0 Å². The maximum Gasteiger partial charge on any atom is 0.351 e. The van der Waals surface area contributed by atoms with Crippen LogP contribution in [0.1, 0.15) is 13.3 Å². The Morgan fingerprint density at radius 3 is 2.41 bits per heavy atom. The summed E-state index contributed by atoms with van der Waals surface area (Å²) in [6.07, 6.45) is -0.535. The number of amides is 2. The van der Waals surface area contributed by atoms with Crippen LogP contribution in [0.5, 0.6) is 0 Å². The minimum Gasteiger partial charge on any atom is -0.480 e. The number of hydrazone groups is 1. The number of hydroxylamine groups is 2. The van der Waals surface area contributed by atoms with Gasteiger partial charge in [0, 0.05) is 24.9 Å². The monoisotopic (exact) mass is 478 g/mol. The number of nitrogens with one attached hydrogen (secondary N) is 2. The summed E-state index contributed by atoms with van der Waals surface area (Å²) < 4.78 is 5.20. The lowest BCUT2D eigenvalue weighted by atomic mass is 10.0. The van der Waals surface area contributed by atoms with Crippen molar-refractivity contribution >= 4 is 47.7 Å². The summed E-state index contributed by atoms with van der Waals surface area (Å²) in [6, 6.07) is -4.93. The van der Waals surface area contributed by atoms with Crippen molar-refractivity contribution < 1.29 is 44.1 Å². The average molecular weight is 478 g/mol. The second-order valence-corrected chi connectivity index (χ2v) is 7.80. The number of carboxylic acids is 2. The molecule has 1 rings (SSSR count). The molecule has 0 aliphatic carbocycles. The molecule has 1 fully saturated rings. The van der Waals surface area contributed by atoms with Gasteiger partial charge in [0.1, 0.15) is 24.4 Å². The van der Waals surface area contributed by atoms with Gasteiger partial charge < -0.3 is 42.4 Å². The van der Waals surface area contributed by atoms with E-state index in [-0.39, 0.29) is 17.9 Å². The largest absolute Gasteiger partial charge is 0.480 e. The van der Waals surface area contributed by atoms with Crippen molar-refractivity contribution in [3.05, 3.63) is 0 Å². The first-order valence-electron chi connectivity index (χ1n) is 9.22. The van der Waals surface area contributed by atoms with Crippen molar-refractivity contribution in [3.8, 4) is 0 Å². The maximum atomic E-state index is 11.8. The van der Waals surface area contributed by atoms with Crippen molar-refractivity contribution in [1.82, 2.24) is 15.7 Å². The first-order chi connectivity index (χ1) is 15.0. The molecule has 15 nitrogen and oxygen atoms in total. The fourth-order valence-electron chi connectivity index (χ4n) is 3.04. The third-order valence-electron chi connectivity index (χ3n) is 4.43. The second-order valence-electron chi connectivity index (χ2n) is 6.72. The Morgan fingerprint density at radius 2 is 1.91 bits per heavy atom. The molecule has 1 heterocycles. The molecule has 5 unspecified atom stereocenters. The van der Waals surface area contributed by atoms with Gasteiger partial charge in [0.2, 0.25) is 11.8 Å². The minimum absolute atomic E-state index is 0.00868. The molecule has 16 heteroatoms. The lowest BCUT2D eigenvalue weighted by molar-refractivity contribution is -0.165. The normalized spacial score (nSPS) is 22.8. The first-order valence-corrected chi connectivity index (χ1v) is 10.4. The Kier molecular flexibility index (Phi) is 10.8. The molecular formula is C16H26N6O9S. The molecule has 1 aliphatic rings. The lowest BCUT2D eigenvalue weighted by Gasteiger charge is -2.28. The highest BCUT2D eigenvalue weighted by atomic mass is 32.2. The summed E-state index contributed by atoms with van der Waals surface area (Å²) in [5.41, 5.74) is 5.20. The van der Waals surface area contributed by atoms with E-state index in [0.717, 1.165) is 18.7 Å². The molecule has 0 saturated carbocycles. The number of carboxylic acid groups (broad SMARTS) is 2. The Labute approximate surface area is 186 Å². The predicted octanol–water partition coefficient (Wildman–Crippen LogP) is -3.47. The fourth-order valence-corrected chi connectivity index (χ4v) is 4.25. The number of hydrogen-bond donors (Lipinski definition) is 7. The fraction of sp³-hybridized carbons (Fsp3) is 0.625. The van der Waals surface area contributed by atoms with Crippen LogP contribution in [-0.4, -0.2) is 105 Å². The van der Waals surface area contributed by atoms with Crippen LogP contribution in [0.2, 0.25) is 0 Å². The summed E-state index contributed by atoms with van der Waals surface area (Å²) in [5, 5.41) is 37.4. The molecule has 0 aromatic carbocycles. The van der Waals surface area contributed by atoms with Gasteiger partial charge in [0.15, 0.2) is 0 Å². The maximum absolute atomic E-state index is 11.8. The number of esters is 1. The van der Waals surface area contributed by atoms with Crippen LogP contribution in [0.4, 0.5) is 0 Å². The molecule has 0 aromatic heterocycles. The summed E-state index contributed by atoms with van der Waals surface area (Å²) in [6.45, 7) is 0.681. The number of carbonyl (C=O) groups is 5. The van der Waals surface area contributed by atoms with Crippen molar-refractivity contribution in [1.29, 1.82) is 0 Å². The lowest BCUT2D eigenvalue weighted by Crippen LogP contribution is -2.55. The first kappa shape index (κ1) is 27.1. The third kappa shape index (κ3) is 7.95. The number of aliphatic carboxylic acids is 2. The van der Waals surface area contributed by atoms with E-state index in [2.05, 4.69) is 15.7 Å². The molecule has 1 saturated heterocycles. The second kappa shape index (κ2) is 12.8. The van der Waals surface area contributed by atoms with Gasteiger partial charge in [0.25, 0.3) is 0 Å². The number of nitrogens with two attached hydrogens (primary N) is 2. The number of ether oxygens (including phenoxy) is 1. The molecule has 0 aromatic rings. The minimum atomic E-state index is -1.57. The van der Waals surface area contributed by atoms with Crippen molar-refractivity contribution in [3.63, 3.8) is 0 Å². The molecule has 9 N–H and O–H groups in total. The van der Waals surface area contributed by atoms with E-state index in [9.17, 15) is 39.4 Å². The summed E-state index contributed by atoms with van der Waals surface area (Å²) in [4.78, 5) is 57.5. The van der Waals surface area contributed by atoms with Crippen LogP contribution >= 0.6 is 11.8 Å². The molecular weight excluding hydrogens is 452 g/mol. The highest BCUT2D eigenvalue weighted by molar-refractivity contribution is 7.99. The molecule has 32 heavy (non-hydrogen) atoms. The standard InChI is InChI=1S/C16H26N6O9S/c1-7(23)20-8(15(26)27)5-32-6-10-11(31-13(25)4-19-18)2-9(22(10)30)14(16(28)29)21-12(24)3-17/h4,8-11,14,30H,2-3,5-6,17-18H2,1H3,(H,20,23)(H,21,24)(H,26,27)(H,28,29). The Hall–Kier alpha value is -2.95. The summed E-state index contributed by atoms with van der Waals surface area (Å²) in [7, 11) is 0. The smallest absolute Gasteiger partial charge is 0.351 e. The number of hydrogen-bond acceptors (Lipinski definition) is 12. The molecule has 0 spiro atoms. The van der Waals surface area contributed by atoms with E-state index in [0.29, 0.717) is 11.3 Å². The number of thioether (sulfide) groups is 1. The summed E-state index contributed by atoms with van der Waals surface area (Å²) >= 11 is 1.02. The topological polar surface area (TPSA) is 247 Å². The van der Waals surface area contributed by atoms with Gasteiger partial charge in [-0.15, -0.1) is 0 Å². The highest BCUT2D eigenvalue weighted by Crippen LogP contribution is 2.30. The van der Waals surface area contributed by atoms with E-state index >= 15 is 0 Å². The highest BCUT2D eigenvalue weighted by Gasteiger charge is 2.48. The number of carbonyl (C=O) groups excluding carboxylic acids is 3. The average Bonchev–Trinajstić information content (AvgIpc) is 2.99. The van der Waals surface area contributed by atoms with Crippen molar-refractivity contribution in [2.24, 2.45) is 16.7 Å². The van der Waals surface area contributed by atoms with Crippen LogP contribution in [0.25, 0.3) is 0 Å². The third-order valence-corrected chi connectivity index (χ3v) is 5.58. The van der Waals surface area contributed by atoms with Gasteiger partial charge in [-0.1, -0.05) is 0 Å². The van der Waals surface area contributed by atoms with Crippen LogP contribution in [0, 0.1) is 0 Å². The Balaban J connectivity index is 3.00. The Bertz CT molecular complexity index is 752. The van der Waals surface area contributed by atoms with Crippen LogP contribution in [-0.2, 0) is 28.7 Å². The molecule has 0 bridgehead atoms. The number of rotatable bonds is 12. The Morgan fingerprint density at radius 1 is 1.25 bits per heavy atom. The van der Waals surface area contributed by atoms with Gasteiger partial charge in [-0.25, -0.2) is 14.4 Å². The van der Waals surface area contributed by atoms with Crippen molar-refractivity contribution in [2.75, 3.05) is 18.1 Å². The van der Waals surface area contributed by atoms with E-state index in [4.69, 9.17) is 16.3 Å². The zero-order valence-corrected chi connectivity index (χ0v) is 17.9. The van der Waals surface area contributed by atoms with Crippen molar-refractivity contribution in [2.45, 2.75) is 43.6 Å². The molecule has 5 atom stereocenters. The summed E-state index contributed by atoms with van der Waals surface area (Å²) in [5.74, 6) is -0.159. The predicted molar refractivity (Wildman–Crippen MR) is 110 cm³/mol. The van der Waals surface area contributed by atoms with Gasteiger partial charge in [-0.05, 0) is 0 Å². The van der Waals surface area contributed by atoms with Gasteiger partial charge in [0.05, 0.1) is 18.6 Å². The molecule has 0 radical (unpaired) electrons. The van der Waals surface area contributed by atoms with E-state index in [1.165, 1.54) is 0 Å². The van der Waals surface area contributed by atoms with Gasteiger partial charge in [-0.2, -0.15) is 21.9 Å². The molecule has 1 aliphatic heterocycles. The van der Waals surface area contributed by atoms with Gasteiger partial charge in [-0.3, -0.25) is 9.59 Å². The van der Waals surface area contributed by atoms with Crippen LogP contribution in [0.3, 0.4) is 0 Å². The molecule has 180 valence electrons. The number of nitrogens with zero attached hydrogens (tertiary/aromatic N) is 2. The quantitative estimate of drug-likeness (QED) is 0.0624.